The number of piperazine rings is 1. The largest absolute Gasteiger partial charge is 0.370 e. The van der Waals surface area contributed by atoms with E-state index in [9.17, 15) is 0 Å². The molecule has 1 saturated heterocycles. The van der Waals surface area contributed by atoms with Gasteiger partial charge in [0.25, 0.3) is 0 Å². The first-order valence-electron chi connectivity index (χ1n) is 8.80. The number of hydrogen-bond donors (Lipinski definition) is 2. The summed E-state index contributed by atoms with van der Waals surface area (Å²) in [5.74, 6) is 0.519. The second-order valence-electron chi connectivity index (χ2n) is 6.54. The quantitative estimate of drug-likeness (QED) is 0.207. The van der Waals surface area contributed by atoms with Crippen LogP contribution in [0.15, 0.2) is 47.5 Å². The summed E-state index contributed by atoms with van der Waals surface area (Å²) >= 11 is 0. The predicted octanol–water partition coefficient (Wildman–Crippen LogP) is 2.29. The van der Waals surface area contributed by atoms with E-state index < -0.39 is 0 Å². The molecule has 1 heterocycles. The zero-order valence-corrected chi connectivity index (χ0v) is 17.6. The van der Waals surface area contributed by atoms with Gasteiger partial charge in [0, 0.05) is 39.3 Å². The minimum absolute atomic E-state index is 0. The van der Waals surface area contributed by atoms with Gasteiger partial charge >= 0.3 is 0 Å². The topological polar surface area (TPSA) is 56.9 Å². The maximum Gasteiger partial charge on any atom is 0.188 e. The van der Waals surface area contributed by atoms with E-state index in [2.05, 4.69) is 57.0 Å². The van der Waals surface area contributed by atoms with E-state index in [4.69, 9.17) is 5.73 Å². The van der Waals surface area contributed by atoms with Gasteiger partial charge in [-0.1, -0.05) is 42.5 Å². The molecule has 25 heavy (non-hydrogen) atoms. The van der Waals surface area contributed by atoms with Gasteiger partial charge in [0.15, 0.2) is 5.96 Å². The number of guanidine groups is 1. The Balaban J connectivity index is 0.00000312. The van der Waals surface area contributed by atoms with E-state index in [0.717, 1.165) is 57.8 Å². The second kappa shape index (κ2) is 12.3. The molecule has 0 atom stereocenters. The molecular formula is C19H32IN5. The third-order valence-corrected chi connectivity index (χ3v) is 4.19. The molecule has 0 aromatic heterocycles. The van der Waals surface area contributed by atoms with Gasteiger partial charge in [-0.15, -0.1) is 24.0 Å². The van der Waals surface area contributed by atoms with E-state index in [-0.39, 0.29) is 24.0 Å². The molecule has 5 nitrogen and oxygen atoms in total. The highest BCUT2D eigenvalue weighted by Crippen LogP contribution is 2.08. The Hall–Kier alpha value is -1.12. The standard InChI is InChI=1S/C19H31N5.HI/c1-17(2)15-22-19(20)21-9-6-10-23-11-13-24(14-12-23)16-18-7-4-3-5-8-18;/h3-5,7-8H,1,6,9-16H2,2H3,(H3,20,21,22);1H. The number of aliphatic imine (C=N–C) groups is 1. The first-order chi connectivity index (χ1) is 11.6. The molecule has 2 rings (SSSR count). The van der Waals surface area contributed by atoms with Crippen LogP contribution < -0.4 is 11.1 Å². The molecule has 0 amide bonds. The first kappa shape index (κ1) is 21.9. The van der Waals surface area contributed by atoms with Crippen molar-refractivity contribution in [2.45, 2.75) is 19.9 Å². The molecule has 140 valence electrons. The van der Waals surface area contributed by atoms with E-state index in [1.165, 1.54) is 5.56 Å². The van der Waals surface area contributed by atoms with Crippen molar-refractivity contribution in [1.82, 2.24) is 15.1 Å². The molecule has 0 aliphatic carbocycles. The number of hydrogen-bond acceptors (Lipinski definition) is 3. The summed E-state index contributed by atoms with van der Waals surface area (Å²) in [5.41, 5.74) is 8.23. The molecule has 1 aromatic carbocycles. The Morgan fingerprint density at radius 2 is 1.80 bits per heavy atom. The fourth-order valence-corrected chi connectivity index (χ4v) is 2.81. The molecular weight excluding hydrogens is 425 g/mol. The Morgan fingerprint density at radius 1 is 1.16 bits per heavy atom. The van der Waals surface area contributed by atoms with E-state index in [1.54, 1.807) is 0 Å². The number of nitrogens with two attached hydrogens (primary N) is 1. The van der Waals surface area contributed by atoms with Crippen molar-refractivity contribution < 1.29 is 0 Å². The van der Waals surface area contributed by atoms with Crippen LogP contribution in [-0.2, 0) is 6.54 Å². The van der Waals surface area contributed by atoms with Crippen LogP contribution in [-0.4, -0.2) is 61.6 Å². The summed E-state index contributed by atoms with van der Waals surface area (Å²) in [5, 5.41) is 3.17. The van der Waals surface area contributed by atoms with Crippen LogP contribution >= 0.6 is 24.0 Å². The van der Waals surface area contributed by atoms with Gasteiger partial charge < -0.3 is 16.0 Å². The van der Waals surface area contributed by atoms with Gasteiger partial charge in [-0.2, -0.15) is 0 Å². The molecule has 0 radical (unpaired) electrons. The lowest BCUT2D eigenvalue weighted by atomic mass is 10.2. The molecule has 0 bridgehead atoms. The van der Waals surface area contributed by atoms with Crippen molar-refractivity contribution in [3.05, 3.63) is 48.0 Å². The average Bonchev–Trinajstić information content (AvgIpc) is 2.59. The van der Waals surface area contributed by atoms with Gasteiger partial charge in [-0.3, -0.25) is 4.90 Å². The van der Waals surface area contributed by atoms with Crippen LogP contribution in [0.1, 0.15) is 18.9 Å². The first-order valence-corrected chi connectivity index (χ1v) is 8.80. The lowest BCUT2D eigenvalue weighted by Crippen LogP contribution is -2.46. The van der Waals surface area contributed by atoms with E-state index in [0.29, 0.717) is 12.5 Å². The molecule has 1 aliphatic heterocycles. The monoisotopic (exact) mass is 457 g/mol. The van der Waals surface area contributed by atoms with Crippen LogP contribution in [0.2, 0.25) is 0 Å². The number of nitrogens with zero attached hydrogens (tertiary/aromatic N) is 3. The molecule has 0 unspecified atom stereocenters. The molecule has 1 aliphatic rings. The van der Waals surface area contributed by atoms with Gasteiger partial charge in [0.2, 0.25) is 0 Å². The highest BCUT2D eigenvalue weighted by Gasteiger charge is 2.16. The molecule has 0 saturated carbocycles. The van der Waals surface area contributed by atoms with Gasteiger partial charge in [0.05, 0.1) is 6.54 Å². The fourth-order valence-electron chi connectivity index (χ4n) is 2.81. The summed E-state index contributed by atoms with van der Waals surface area (Å²) in [6.07, 6.45) is 1.09. The summed E-state index contributed by atoms with van der Waals surface area (Å²) in [7, 11) is 0. The van der Waals surface area contributed by atoms with Crippen molar-refractivity contribution in [2.24, 2.45) is 10.7 Å². The Bertz CT molecular complexity index is 524. The van der Waals surface area contributed by atoms with Crippen LogP contribution in [0.4, 0.5) is 0 Å². The van der Waals surface area contributed by atoms with Crippen LogP contribution in [0.25, 0.3) is 0 Å². The Labute approximate surface area is 169 Å². The molecule has 3 N–H and O–H groups in total. The third-order valence-electron chi connectivity index (χ3n) is 4.19. The zero-order valence-electron chi connectivity index (χ0n) is 15.3. The van der Waals surface area contributed by atoms with Crippen molar-refractivity contribution >= 4 is 29.9 Å². The molecule has 1 aromatic rings. The summed E-state index contributed by atoms with van der Waals surface area (Å²) in [6.45, 7) is 14.0. The summed E-state index contributed by atoms with van der Waals surface area (Å²) in [4.78, 5) is 9.29. The summed E-state index contributed by atoms with van der Waals surface area (Å²) < 4.78 is 0. The maximum atomic E-state index is 5.81. The van der Waals surface area contributed by atoms with Crippen LogP contribution in [0, 0.1) is 0 Å². The minimum atomic E-state index is 0. The van der Waals surface area contributed by atoms with Crippen molar-refractivity contribution in [2.75, 3.05) is 45.8 Å². The van der Waals surface area contributed by atoms with Crippen molar-refractivity contribution in [1.29, 1.82) is 0 Å². The number of halogens is 1. The highest BCUT2D eigenvalue weighted by atomic mass is 127. The maximum absolute atomic E-state index is 5.81. The van der Waals surface area contributed by atoms with Crippen LogP contribution in [0.5, 0.6) is 0 Å². The van der Waals surface area contributed by atoms with Crippen molar-refractivity contribution in [3.63, 3.8) is 0 Å². The predicted molar refractivity (Wildman–Crippen MR) is 117 cm³/mol. The fraction of sp³-hybridized carbons (Fsp3) is 0.526. The average molecular weight is 457 g/mol. The number of nitrogens with one attached hydrogen (secondary N) is 1. The molecule has 0 spiro atoms. The lowest BCUT2D eigenvalue weighted by Gasteiger charge is -2.34. The molecule has 1 fully saturated rings. The van der Waals surface area contributed by atoms with E-state index in [1.807, 2.05) is 6.92 Å². The Kier molecular flexibility index (Phi) is 10.8. The Morgan fingerprint density at radius 3 is 2.44 bits per heavy atom. The number of rotatable bonds is 8. The summed E-state index contributed by atoms with van der Waals surface area (Å²) in [6, 6.07) is 10.7. The minimum Gasteiger partial charge on any atom is -0.370 e. The normalized spacial score (nSPS) is 16.3. The van der Waals surface area contributed by atoms with E-state index >= 15 is 0 Å². The third kappa shape index (κ3) is 9.23. The smallest absolute Gasteiger partial charge is 0.188 e. The van der Waals surface area contributed by atoms with Gasteiger partial charge in [-0.25, -0.2) is 4.99 Å². The lowest BCUT2D eigenvalue weighted by molar-refractivity contribution is 0.126. The highest BCUT2D eigenvalue weighted by molar-refractivity contribution is 14.0. The SMILES string of the molecule is C=C(C)CN=C(N)NCCCN1CCN(Cc2ccccc2)CC1.I. The zero-order chi connectivity index (χ0) is 17.2. The van der Waals surface area contributed by atoms with Crippen molar-refractivity contribution in [3.8, 4) is 0 Å². The van der Waals surface area contributed by atoms with Gasteiger partial charge in [-0.05, 0) is 25.5 Å². The van der Waals surface area contributed by atoms with Crippen LogP contribution in [0.3, 0.4) is 0 Å². The second-order valence-corrected chi connectivity index (χ2v) is 6.54. The van der Waals surface area contributed by atoms with Gasteiger partial charge in [0.1, 0.15) is 0 Å². The molecule has 6 heteroatoms. The number of benzene rings is 1.